The van der Waals surface area contributed by atoms with Crippen LogP contribution in [0, 0.1) is 5.41 Å². The number of aromatic nitrogens is 4. The summed E-state index contributed by atoms with van der Waals surface area (Å²) in [5.41, 5.74) is 4.29. The molecule has 2 unspecified atom stereocenters. The number of phosphoric ester groups is 3. The number of hydrogen-bond acceptors (Lipinski definition) is 18. The van der Waals surface area contributed by atoms with Crippen molar-refractivity contribution in [1.29, 1.82) is 0 Å². The topological polar surface area (TPSA) is 364 Å². The Morgan fingerprint density at radius 2 is 1.57 bits per heavy atom. The molecule has 3 rings (SSSR count). The highest BCUT2D eigenvalue weighted by Gasteiger charge is 2.50. The number of amides is 2. The number of unbranched alkanes of at least 4 members (excludes halogenated alkanes) is 10. The Bertz CT molecular complexity index is 1920. The lowest BCUT2D eigenvalue weighted by Gasteiger charge is -2.30. The van der Waals surface area contributed by atoms with Gasteiger partial charge in [-0.1, -0.05) is 96.7 Å². The predicted molar refractivity (Wildman–Crippen MR) is 228 cm³/mol. The molecule has 63 heavy (non-hydrogen) atoms. The van der Waals surface area contributed by atoms with Crippen LogP contribution in [0.4, 0.5) is 5.82 Å². The second-order valence-electron chi connectivity index (χ2n) is 15.6. The van der Waals surface area contributed by atoms with Crippen LogP contribution < -0.4 is 16.4 Å². The summed E-state index contributed by atoms with van der Waals surface area (Å²) in [6.45, 7) is 2.79. The first-order valence-electron chi connectivity index (χ1n) is 20.6. The quantitative estimate of drug-likeness (QED) is 0.0386. The third-order valence-corrected chi connectivity index (χ3v) is 13.8. The monoisotopic (exact) mass is 979 g/mol. The number of rotatable bonds is 31. The summed E-state index contributed by atoms with van der Waals surface area (Å²) in [5.74, 6) is -1.02. The number of hydrogen-bond donors (Lipinski definition) is 9. The molecule has 1 fully saturated rings. The Kier molecular flexibility index (Phi) is 22.7. The van der Waals surface area contributed by atoms with Gasteiger partial charge in [-0.3, -0.25) is 32.5 Å². The fourth-order valence-corrected chi connectivity index (χ4v) is 9.85. The molecule has 1 aliphatic heterocycles. The molecule has 0 spiro atoms. The molecule has 2 aromatic rings. The first-order valence-corrected chi connectivity index (χ1v) is 26.1. The van der Waals surface area contributed by atoms with Gasteiger partial charge in [-0.25, -0.2) is 28.6 Å². The lowest BCUT2D eigenvalue weighted by molar-refractivity contribution is -0.137. The minimum Gasteiger partial charge on any atom is -0.386 e. The Morgan fingerprint density at radius 3 is 2.21 bits per heavy atom. The van der Waals surface area contributed by atoms with E-state index in [4.69, 9.17) is 19.5 Å². The Morgan fingerprint density at radius 1 is 0.952 bits per heavy atom. The Hall–Kier alpha value is -2.44. The van der Waals surface area contributed by atoms with Gasteiger partial charge < -0.3 is 50.9 Å². The van der Waals surface area contributed by atoms with Crippen molar-refractivity contribution in [3.05, 3.63) is 12.7 Å². The molecule has 24 nitrogen and oxygen atoms in total. The van der Waals surface area contributed by atoms with Crippen LogP contribution in [0.2, 0.25) is 0 Å². The van der Waals surface area contributed by atoms with Gasteiger partial charge in [0.1, 0.15) is 36.3 Å². The average Bonchev–Trinajstić information content (AvgIpc) is 3.76. The highest BCUT2D eigenvalue weighted by molar-refractivity contribution is 8.13. The highest BCUT2D eigenvalue weighted by atomic mass is 32.2. The summed E-state index contributed by atoms with van der Waals surface area (Å²) < 4.78 is 62.3. The van der Waals surface area contributed by atoms with E-state index < -0.39 is 84.6 Å². The fraction of sp³-hybridized carbons (Fsp3) is 0.771. The summed E-state index contributed by atoms with van der Waals surface area (Å²) >= 11 is 1.15. The second-order valence-corrected chi connectivity index (χ2v) is 21.0. The predicted octanol–water partition coefficient (Wildman–Crippen LogP) is 3.37. The zero-order valence-electron chi connectivity index (χ0n) is 35.6. The molecule has 2 amide bonds. The number of anilines is 1. The van der Waals surface area contributed by atoms with Crippen molar-refractivity contribution in [3.63, 3.8) is 0 Å². The van der Waals surface area contributed by atoms with E-state index in [1.165, 1.54) is 65.2 Å². The van der Waals surface area contributed by atoms with Gasteiger partial charge >= 0.3 is 23.5 Å². The average molecular weight is 980 g/mol. The van der Waals surface area contributed by atoms with Gasteiger partial charge in [-0.2, -0.15) is 4.31 Å². The summed E-state index contributed by atoms with van der Waals surface area (Å²) in [7, 11) is -16.4. The summed E-state index contributed by atoms with van der Waals surface area (Å²) in [4.78, 5) is 88.2. The largest absolute Gasteiger partial charge is 0.481 e. The van der Waals surface area contributed by atoms with Crippen molar-refractivity contribution in [2.24, 2.45) is 5.41 Å². The van der Waals surface area contributed by atoms with Gasteiger partial charge in [0.05, 0.1) is 19.5 Å². The second kappa shape index (κ2) is 26.0. The maximum atomic E-state index is 12.7. The van der Waals surface area contributed by atoms with Crippen LogP contribution in [0.5, 0.6) is 0 Å². The van der Waals surface area contributed by atoms with Crippen LogP contribution in [-0.2, 0) is 50.7 Å². The standard InChI is InChI=1S/C35H62N7O17P3S/c1-4-5-6-7-8-9-10-11-12-13-14-15-26(44)63-19-18-37-25(43)16-17-38-33(47)30(46)35(2,3)21-56-62(53,54)59-61(51,52)55-20-24-29(58-60(48,49)50)28(45)34(57-24)42-23-41-27-31(36)39-22-40-32(27)42/h22-24,28-30,34,45-46H,4-21H2,1-3H3,(H,37,43)(H,38,47)(H,51,52)(H,53,54)(H2,36,39,40)(H2,48,49,50)/t24-,28-,29-,30+,34-/m1/s1/i26+2. The summed E-state index contributed by atoms with van der Waals surface area (Å²) in [6, 6.07) is 0. The fourth-order valence-electron chi connectivity index (χ4n) is 6.30. The first kappa shape index (κ1) is 54.9. The van der Waals surface area contributed by atoms with Gasteiger partial charge in [-0.15, -0.1) is 0 Å². The van der Waals surface area contributed by atoms with Gasteiger partial charge in [0.25, 0.3) is 0 Å². The van der Waals surface area contributed by atoms with E-state index in [0.29, 0.717) is 12.2 Å². The smallest absolute Gasteiger partial charge is 0.386 e. The zero-order valence-corrected chi connectivity index (χ0v) is 39.1. The Labute approximate surface area is 369 Å². The van der Waals surface area contributed by atoms with Crippen molar-refractivity contribution < 1.29 is 80.5 Å². The number of carbonyl (C=O) groups excluding carboxylic acids is 3. The number of phosphoric acid groups is 3. The number of fused-ring (bicyclic) bond motifs is 1. The van der Waals surface area contributed by atoms with Crippen LogP contribution in [-0.4, -0.2) is 123 Å². The molecule has 360 valence electrons. The number of nitrogens with zero attached hydrogens (tertiary/aromatic N) is 4. The van der Waals surface area contributed by atoms with Crippen molar-refractivity contribution in [1.82, 2.24) is 30.2 Å². The first-order chi connectivity index (χ1) is 29.6. The van der Waals surface area contributed by atoms with Crippen molar-refractivity contribution in [3.8, 4) is 0 Å². The molecule has 0 aliphatic carbocycles. The third kappa shape index (κ3) is 19.5. The van der Waals surface area contributed by atoms with E-state index in [2.05, 4.69) is 41.3 Å². The van der Waals surface area contributed by atoms with Gasteiger partial charge in [-0.05, 0) is 6.42 Å². The Balaban J connectivity index is 1.35. The van der Waals surface area contributed by atoms with E-state index in [9.17, 15) is 57.9 Å². The number of thioether (sulfide) groups is 1. The van der Waals surface area contributed by atoms with E-state index in [1.807, 2.05) is 0 Å². The van der Waals surface area contributed by atoms with Crippen LogP contribution in [0.1, 0.15) is 110 Å². The van der Waals surface area contributed by atoms with Crippen LogP contribution in [0.15, 0.2) is 12.7 Å². The van der Waals surface area contributed by atoms with Gasteiger partial charge in [0, 0.05) is 37.1 Å². The number of nitrogens with one attached hydrogen (secondary N) is 2. The molecule has 10 N–H and O–H groups in total. The van der Waals surface area contributed by atoms with Crippen molar-refractivity contribution in [2.45, 2.75) is 135 Å². The maximum Gasteiger partial charge on any atom is 0.481 e. The molecule has 0 bridgehead atoms. The molecule has 7 atom stereocenters. The molecule has 1 saturated heterocycles. The number of carbonyl (C=O) groups is 3. The molecular weight excluding hydrogens is 917 g/mol. The minimum absolute atomic E-state index is 0.0335. The number of imidazole rings is 1. The SMILES string of the molecule is CCCCCCCCCCCCC[14C](=O)SCCNC(=O)CCNC(=O)[C@H](O)C(C)(C)COP(=O)(O)OP(=O)(O)OC[C@H]1O[C@@H](n2cnc3c(N)ncnc32)[C@H](O)[C@@H]1OP(=O)(O)O. The van der Waals surface area contributed by atoms with Crippen LogP contribution >= 0.6 is 35.2 Å². The highest BCUT2D eigenvalue weighted by Crippen LogP contribution is 2.61. The van der Waals surface area contributed by atoms with E-state index in [-0.39, 0.29) is 41.6 Å². The molecule has 28 heteroatoms. The number of aliphatic hydroxyl groups excluding tert-OH is 2. The third-order valence-electron chi connectivity index (χ3n) is 9.75. The van der Waals surface area contributed by atoms with Crippen molar-refractivity contribution >= 4 is 69.1 Å². The van der Waals surface area contributed by atoms with Crippen LogP contribution in [0.25, 0.3) is 11.2 Å². The molecule has 0 aromatic carbocycles. The molecule has 1 aliphatic rings. The van der Waals surface area contributed by atoms with Gasteiger partial charge in [0.15, 0.2) is 22.8 Å². The van der Waals surface area contributed by atoms with Crippen LogP contribution in [0.3, 0.4) is 0 Å². The summed E-state index contributed by atoms with van der Waals surface area (Å²) in [6.07, 6.45) is 6.75. The normalized spacial score (nSPS) is 20.6. The summed E-state index contributed by atoms with van der Waals surface area (Å²) in [5, 5.41) is 26.6. The molecule has 2 aromatic heterocycles. The molecule has 0 saturated carbocycles. The molecule has 0 radical (unpaired) electrons. The lowest BCUT2D eigenvalue weighted by Crippen LogP contribution is -2.46. The van der Waals surface area contributed by atoms with Gasteiger partial charge in [0.2, 0.25) is 11.8 Å². The van der Waals surface area contributed by atoms with E-state index in [1.54, 1.807) is 0 Å². The van der Waals surface area contributed by atoms with Crippen molar-refractivity contribution in [2.75, 3.05) is 37.8 Å². The number of nitrogen functional groups attached to an aromatic ring is 1. The number of nitrogens with two attached hydrogens (primary N) is 1. The van der Waals surface area contributed by atoms with E-state index in [0.717, 1.165) is 48.2 Å². The molecular formula is C35H62N7O17P3S. The zero-order chi connectivity index (χ0) is 46.8. The number of aliphatic hydroxyl groups is 2. The van der Waals surface area contributed by atoms with E-state index >= 15 is 0 Å². The lowest BCUT2D eigenvalue weighted by atomic mass is 9.87. The molecule has 3 heterocycles. The number of ether oxygens (including phenoxy) is 1. The maximum absolute atomic E-state index is 12.7. The minimum atomic E-state index is -5.57.